The van der Waals surface area contributed by atoms with E-state index in [1.165, 1.54) is 6.42 Å². The first-order valence-corrected chi connectivity index (χ1v) is 11.4. The van der Waals surface area contributed by atoms with Crippen LogP contribution in [-0.4, -0.2) is 41.8 Å². The standard InChI is InChI=1S/C24H35N3O3/c1-17(2)21(26-22(28)18-10-5-3-6-11-18)24(30)27-15-9-12-19(16-27)23(29)25-20-13-7-4-8-14-20/h4,7-8,13-14,17-19,21H,3,5-6,9-12,15-16H2,1-2H3,(H,25,29)(H,26,28)/t19-,21+/m0/s1. The van der Waals surface area contributed by atoms with Crippen molar-refractivity contribution in [2.24, 2.45) is 17.8 Å². The fraction of sp³-hybridized carbons (Fsp3) is 0.625. The summed E-state index contributed by atoms with van der Waals surface area (Å²) in [5.74, 6) is -0.304. The molecule has 0 aromatic heterocycles. The average Bonchev–Trinajstić information content (AvgIpc) is 2.78. The van der Waals surface area contributed by atoms with Crippen LogP contribution >= 0.6 is 0 Å². The minimum Gasteiger partial charge on any atom is -0.344 e. The summed E-state index contributed by atoms with van der Waals surface area (Å²) in [5.41, 5.74) is 0.769. The van der Waals surface area contributed by atoms with Crippen LogP contribution in [0, 0.1) is 17.8 Å². The fourth-order valence-corrected chi connectivity index (χ4v) is 4.50. The van der Waals surface area contributed by atoms with Gasteiger partial charge >= 0.3 is 0 Å². The summed E-state index contributed by atoms with van der Waals surface area (Å²) in [4.78, 5) is 40.5. The number of carbonyl (C=O) groups is 3. The summed E-state index contributed by atoms with van der Waals surface area (Å²) in [6.45, 7) is 4.97. The van der Waals surface area contributed by atoms with Gasteiger partial charge in [-0.05, 0) is 43.7 Å². The van der Waals surface area contributed by atoms with Gasteiger partial charge in [-0.1, -0.05) is 51.3 Å². The third kappa shape index (κ3) is 5.83. The fourth-order valence-electron chi connectivity index (χ4n) is 4.50. The number of carbonyl (C=O) groups excluding carboxylic acids is 3. The summed E-state index contributed by atoms with van der Waals surface area (Å²) in [5, 5.41) is 5.99. The Bertz CT molecular complexity index is 728. The highest BCUT2D eigenvalue weighted by Crippen LogP contribution is 2.25. The number of piperidine rings is 1. The molecule has 0 unspecified atom stereocenters. The number of nitrogens with zero attached hydrogens (tertiary/aromatic N) is 1. The van der Waals surface area contributed by atoms with Crippen molar-refractivity contribution in [1.29, 1.82) is 0 Å². The van der Waals surface area contributed by atoms with Crippen LogP contribution in [0.15, 0.2) is 30.3 Å². The third-order valence-corrected chi connectivity index (χ3v) is 6.35. The molecule has 3 amide bonds. The van der Waals surface area contributed by atoms with Gasteiger partial charge in [-0.3, -0.25) is 14.4 Å². The molecule has 0 bridgehead atoms. The van der Waals surface area contributed by atoms with E-state index in [0.717, 1.165) is 44.2 Å². The van der Waals surface area contributed by atoms with Crippen molar-refractivity contribution in [3.05, 3.63) is 30.3 Å². The molecule has 0 spiro atoms. The molecule has 164 valence electrons. The van der Waals surface area contributed by atoms with Crippen molar-refractivity contribution < 1.29 is 14.4 Å². The van der Waals surface area contributed by atoms with Crippen LogP contribution in [0.5, 0.6) is 0 Å². The van der Waals surface area contributed by atoms with Crippen LogP contribution in [0.2, 0.25) is 0 Å². The Morgan fingerprint density at radius 1 is 0.900 bits per heavy atom. The number of rotatable bonds is 6. The molecule has 0 radical (unpaired) electrons. The van der Waals surface area contributed by atoms with Gasteiger partial charge in [0.1, 0.15) is 6.04 Å². The first-order chi connectivity index (χ1) is 14.5. The Labute approximate surface area is 179 Å². The number of hydrogen-bond donors (Lipinski definition) is 2. The van der Waals surface area contributed by atoms with Crippen molar-refractivity contribution in [3.63, 3.8) is 0 Å². The quantitative estimate of drug-likeness (QED) is 0.748. The van der Waals surface area contributed by atoms with Gasteiger partial charge in [0.2, 0.25) is 17.7 Å². The molecule has 6 nitrogen and oxygen atoms in total. The van der Waals surface area contributed by atoms with Gasteiger partial charge in [-0.2, -0.15) is 0 Å². The van der Waals surface area contributed by atoms with E-state index in [9.17, 15) is 14.4 Å². The second kappa shape index (κ2) is 10.6. The zero-order valence-corrected chi connectivity index (χ0v) is 18.2. The molecular formula is C24H35N3O3. The van der Waals surface area contributed by atoms with Crippen molar-refractivity contribution in [2.75, 3.05) is 18.4 Å². The molecule has 2 aliphatic rings. The van der Waals surface area contributed by atoms with Crippen molar-refractivity contribution in [2.45, 2.75) is 64.8 Å². The van der Waals surface area contributed by atoms with E-state index >= 15 is 0 Å². The van der Waals surface area contributed by atoms with E-state index in [4.69, 9.17) is 0 Å². The lowest BCUT2D eigenvalue weighted by Gasteiger charge is -2.36. The maximum absolute atomic E-state index is 13.3. The Morgan fingerprint density at radius 3 is 2.23 bits per heavy atom. The highest BCUT2D eigenvalue weighted by Gasteiger charge is 2.35. The van der Waals surface area contributed by atoms with Crippen molar-refractivity contribution in [1.82, 2.24) is 10.2 Å². The molecule has 2 atom stereocenters. The lowest BCUT2D eigenvalue weighted by Crippen LogP contribution is -2.55. The molecule has 3 rings (SSSR count). The summed E-state index contributed by atoms with van der Waals surface area (Å²) < 4.78 is 0. The van der Waals surface area contributed by atoms with E-state index < -0.39 is 6.04 Å². The maximum atomic E-state index is 13.3. The molecule has 1 saturated heterocycles. The average molecular weight is 414 g/mol. The van der Waals surface area contributed by atoms with E-state index in [1.807, 2.05) is 44.2 Å². The molecule has 1 aromatic rings. The number of para-hydroxylation sites is 1. The molecule has 1 heterocycles. The molecule has 2 fully saturated rings. The minimum absolute atomic E-state index is 0.00330. The number of amides is 3. The van der Waals surface area contributed by atoms with Crippen LogP contribution < -0.4 is 10.6 Å². The Balaban J connectivity index is 1.60. The molecule has 30 heavy (non-hydrogen) atoms. The molecule has 6 heteroatoms. The second-order valence-corrected chi connectivity index (χ2v) is 9.04. The Morgan fingerprint density at radius 2 is 1.57 bits per heavy atom. The largest absolute Gasteiger partial charge is 0.344 e. The predicted molar refractivity (Wildman–Crippen MR) is 118 cm³/mol. The zero-order valence-electron chi connectivity index (χ0n) is 18.2. The van der Waals surface area contributed by atoms with Crippen LogP contribution in [0.4, 0.5) is 5.69 Å². The van der Waals surface area contributed by atoms with E-state index in [2.05, 4.69) is 10.6 Å². The van der Waals surface area contributed by atoms with Gasteiger partial charge in [0, 0.05) is 24.7 Å². The number of nitrogens with one attached hydrogen (secondary N) is 2. The molecule has 1 aromatic carbocycles. The summed E-state index contributed by atoms with van der Waals surface area (Å²) in [7, 11) is 0. The SMILES string of the molecule is CC(C)[C@@H](NC(=O)C1CCCCC1)C(=O)N1CCC[C@H](C(=O)Nc2ccccc2)C1. The normalized spacial score (nSPS) is 21.2. The summed E-state index contributed by atoms with van der Waals surface area (Å²) in [6, 6.07) is 8.86. The zero-order chi connectivity index (χ0) is 21.5. The topological polar surface area (TPSA) is 78.5 Å². The first kappa shape index (κ1) is 22.3. The highest BCUT2D eigenvalue weighted by molar-refractivity contribution is 5.94. The van der Waals surface area contributed by atoms with Gasteiger partial charge in [0.25, 0.3) is 0 Å². The number of benzene rings is 1. The first-order valence-electron chi connectivity index (χ1n) is 11.4. The highest BCUT2D eigenvalue weighted by atomic mass is 16.2. The summed E-state index contributed by atoms with van der Waals surface area (Å²) >= 11 is 0. The monoisotopic (exact) mass is 413 g/mol. The van der Waals surface area contributed by atoms with Gasteiger partial charge in [0.15, 0.2) is 0 Å². The third-order valence-electron chi connectivity index (χ3n) is 6.35. The Kier molecular flexibility index (Phi) is 7.88. The molecule has 1 aliphatic carbocycles. The minimum atomic E-state index is -0.532. The smallest absolute Gasteiger partial charge is 0.245 e. The molecule has 1 saturated carbocycles. The second-order valence-electron chi connectivity index (χ2n) is 9.04. The lowest BCUT2D eigenvalue weighted by molar-refractivity contribution is -0.141. The Hall–Kier alpha value is -2.37. The maximum Gasteiger partial charge on any atom is 0.245 e. The van der Waals surface area contributed by atoms with E-state index in [0.29, 0.717) is 13.1 Å². The number of hydrogen-bond acceptors (Lipinski definition) is 3. The van der Waals surface area contributed by atoms with Crippen molar-refractivity contribution >= 4 is 23.4 Å². The van der Waals surface area contributed by atoms with Crippen LogP contribution in [0.25, 0.3) is 0 Å². The van der Waals surface area contributed by atoms with Gasteiger partial charge < -0.3 is 15.5 Å². The van der Waals surface area contributed by atoms with Gasteiger partial charge in [-0.25, -0.2) is 0 Å². The molecular weight excluding hydrogens is 378 g/mol. The van der Waals surface area contributed by atoms with E-state index in [1.54, 1.807) is 4.90 Å². The van der Waals surface area contributed by atoms with Crippen LogP contribution in [0.3, 0.4) is 0 Å². The molecule has 1 aliphatic heterocycles. The van der Waals surface area contributed by atoms with Gasteiger partial charge in [0.05, 0.1) is 5.92 Å². The predicted octanol–water partition coefficient (Wildman–Crippen LogP) is 3.58. The van der Waals surface area contributed by atoms with Crippen molar-refractivity contribution in [3.8, 4) is 0 Å². The molecule has 2 N–H and O–H groups in total. The van der Waals surface area contributed by atoms with E-state index in [-0.39, 0.29) is 35.5 Å². The number of likely N-dealkylation sites (tertiary alicyclic amines) is 1. The number of anilines is 1. The van der Waals surface area contributed by atoms with Gasteiger partial charge in [-0.15, -0.1) is 0 Å². The summed E-state index contributed by atoms with van der Waals surface area (Å²) in [6.07, 6.45) is 6.75. The lowest BCUT2D eigenvalue weighted by atomic mass is 9.88. The van der Waals surface area contributed by atoms with Crippen LogP contribution in [-0.2, 0) is 14.4 Å². The van der Waals surface area contributed by atoms with Crippen LogP contribution in [0.1, 0.15) is 58.8 Å².